The number of rotatable bonds is 4. The smallest absolute Gasteiger partial charge is 0.0976 e. The van der Waals surface area contributed by atoms with Crippen LogP contribution in [0.5, 0.6) is 0 Å². The van der Waals surface area contributed by atoms with Crippen LogP contribution in [0.15, 0.2) is 0 Å². The second kappa shape index (κ2) is 6.69. The van der Waals surface area contributed by atoms with Crippen molar-refractivity contribution in [2.24, 2.45) is 0 Å². The van der Waals surface area contributed by atoms with Crippen LogP contribution in [0.4, 0.5) is 0 Å². The van der Waals surface area contributed by atoms with E-state index in [0.717, 1.165) is 52.0 Å². The highest BCUT2D eigenvalue weighted by Gasteiger charge is 2.33. The second-order valence-corrected chi connectivity index (χ2v) is 6.15. The summed E-state index contributed by atoms with van der Waals surface area (Å²) in [5.41, 5.74) is -0.445. The highest BCUT2D eigenvalue weighted by molar-refractivity contribution is 4.94. The molecular formula is C15H27N3O. The van der Waals surface area contributed by atoms with Gasteiger partial charge in [0, 0.05) is 32.7 Å². The van der Waals surface area contributed by atoms with Crippen molar-refractivity contribution in [2.75, 3.05) is 32.7 Å². The Hall–Kier alpha value is -0.630. The van der Waals surface area contributed by atoms with Crippen LogP contribution in [0.3, 0.4) is 0 Å². The number of hydrogen-bond donors (Lipinski definition) is 1. The van der Waals surface area contributed by atoms with Gasteiger partial charge in [-0.05, 0) is 19.3 Å². The molecule has 1 saturated heterocycles. The van der Waals surface area contributed by atoms with Crippen LogP contribution in [-0.4, -0.2) is 59.3 Å². The molecule has 2 aliphatic rings. The van der Waals surface area contributed by atoms with Crippen molar-refractivity contribution in [3.8, 4) is 6.07 Å². The van der Waals surface area contributed by atoms with Crippen molar-refractivity contribution in [1.82, 2.24) is 9.80 Å². The maximum absolute atomic E-state index is 10.6. The van der Waals surface area contributed by atoms with E-state index in [9.17, 15) is 5.11 Å². The van der Waals surface area contributed by atoms with Gasteiger partial charge in [-0.3, -0.25) is 9.80 Å². The fraction of sp³-hybridized carbons (Fsp3) is 0.933. The number of nitriles is 1. The lowest BCUT2D eigenvalue weighted by Crippen LogP contribution is -2.54. The van der Waals surface area contributed by atoms with E-state index in [1.807, 2.05) is 0 Å². The lowest BCUT2D eigenvalue weighted by atomic mass is 9.84. The van der Waals surface area contributed by atoms with Gasteiger partial charge in [-0.25, -0.2) is 0 Å². The van der Waals surface area contributed by atoms with Crippen molar-refractivity contribution in [3.05, 3.63) is 0 Å². The van der Waals surface area contributed by atoms with Gasteiger partial charge in [0.15, 0.2) is 0 Å². The summed E-state index contributed by atoms with van der Waals surface area (Å²) in [5, 5.41) is 19.7. The molecule has 1 saturated carbocycles. The standard InChI is InChI=1S/C15H27N3O/c1-2-14(12-16)18-10-8-17(9-11-18)13-15(19)6-4-3-5-7-15/h14,19H,2-11,13H2,1H3. The Morgan fingerprint density at radius 1 is 1.16 bits per heavy atom. The van der Waals surface area contributed by atoms with Gasteiger partial charge in [-0.1, -0.05) is 26.2 Å². The minimum Gasteiger partial charge on any atom is -0.389 e. The van der Waals surface area contributed by atoms with Gasteiger partial charge in [-0.15, -0.1) is 0 Å². The number of aliphatic hydroxyl groups is 1. The first-order chi connectivity index (χ1) is 9.17. The van der Waals surface area contributed by atoms with Crippen LogP contribution in [-0.2, 0) is 0 Å². The summed E-state index contributed by atoms with van der Waals surface area (Å²) < 4.78 is 0. The average Bonchev–Trinajstić information content (AvgIpc) is 2.42. The maximum atomic E-state index is 10.6. The molecule has 1 aliphatic carbocycles. The quantitative estimate of drug-likeness (QED) is 0.839. The average molecular weight is 265 g/mol. The second-order valence-electron chi connectivity index (χ2n) is 6.15. The third-order valence-electron chi connectivity index (χ3n) is 4.69. The normalized spacial score (nSPS) is 26.8. The van der Waals surface area contributed by atoms with E-state index in [2.05, 4.69) is 22.8 Å². The highest BCUT2D eigenvalue weighted by atomic mass is 16.3. The summed E-state index contributed by atoms with van der Waals surface area (Å²) in [6.45, 7) is 6.79. The molecule has 19 heavy (non-hydrogen) atoms. The third kappa shape index (κ3) is 3.92. The van der Waals surface area contributed by atoms with Gasteiger partial charge >= 0.3 is 0 Å². The largest absolute Gasteiger partial charge is 0.389 e. The lowest BCUT2D eigenvalue weighted by Gasteiger charge is -2.41. The zero-order valence-corrected chi connectivity index (χ0v) is 12.1. The van der Waals surface area contributed by atoms with Crippen LogP contribution in [0.25, 0.3) is 0 Å². The molecule has 4 heteroatoms. The zero-order chi connectivity index (χ0) is 13.7. The fourth-order valence-electron chi connectivity index (χ4n) is 3.45. The third-order valence-corrected chi connectivity index (χ3v) is 4.69. The van der Waals surface area contributed by atoms with Crippen LogP contribution in [0.1, 0.15) is 45.4 Å². The Morgan fingerprint density at radius 2 is 1.79 bits per heavy atom. The van der Waals surface area contributed by atoms with Gasteiger partial charge in [0.05, 0.1) is 17.7 Å². The van der Waals surface area contributed by atoms with E-state index in [1.54, 1.807) is 0 Å². The highest BCUT2D eigenvalue weighted by Crippen LogP contribution is 2.29. The number of nitrogens with zero attached hydrogens (tertiary/aromatic N) is 3. The predicted molar refractivity (Wildman–Crippen MR) is 75.7 cm³/mol. The van der Waals surface area contributed by atoms with E-state index in [-0.39, 0.29) is 6.04 Å². The Balaban J connectivity index is 1.78. The summed E-state index contributed by atoms with van der Waals surface area (Å²) in [6.07, 6.45) is 6.44. The molecule has 0 bridgehead atoms. The molecule has 0 aromatic carbocycles. The summed E-state index contributed by atoms with van der Waals surface area (Å²) >= 11 is 0. The summed E-state index contributed by atoms with van der Waals surface area (Å²) in [7, 11) is 0. The van der Waals surface area contributed by atoms with E-state index >= 15 is 0 Å². The molecule has 1 unspecified atom stereocenters. The molecule has 0 aromatic rings. The van der Waals surface area contributed by atoms with E-state index in [1.165, 1.54) is 19.3 Å². The van der Waals surface area contributed by atoms with E-state index < -0.39 is 5.60 Å². The van der Waals surface area contributed by atoms with Gasteiger partial charge < -0.3 is 5.11 Å². The van der Waals surface area contributed by atoms with Crippen molar-refractivity contribution < 1.29 is 5.11 Å². The number of piperazine rings is 1. The van der Waals surface area contributed by atoms with Crippen molar-refractivity contribution >= 4 is 0 Å². The van der Waals surface area contributed by atoms with Gasteiger partial charge in [0.1, 0.15) is 0 Å². The molecule has 108 valence electrons. The Kier molecular flexibility index (Phi) is 5.20. The molecule has 1 heterocycles. The monoisotopic (exact) mass is 265 g/mol. The number of β-amino-alcohol motifs (C(OH)–C–C–N with tert-alkyl or cyclic N) is 1. The molecule has 0 aromatic heterocycles. The Labute approximate surface area is 117 Å². The molecule has 0 spiro atoms. The molecule has 0 amide bonds. The molecular weight excluding hydrogens is 238 g/mol. The molecule has 2 fully saturated rings. The predicted octanol–water partition coefficient (Wildman–Crippen LogP) is 1.60. The van der Waals surface area contributed by atoms with E-state index in [4.69, 9.17) is 5.26 Å². The Bertz CT molecular complexity index is 312. The fourth-order valence-corrected chi connectivity index (χ4v) is 3.45. The lowest BCUT2D eigenvalue weighted by molar-refractivity contribution is -0.0369. The zero-order valence-electron chi connectivity index (χ0n) is 12.1. The van der Waals surface area contributed by atoms with Crippen LogP contribution in [0.2, 0.25) is 0 Å². The number of hydrogen-bond acceptors (Lipinski definition) is 4. The van der Waals surface area contributed by atoms with Gasteiger partial charge in [0.25, 0.3) is 0 Å². The summed E-state index contributed by atoms with van der Waals surface area (Å²) in [6, 6.07) is 2.45. The molecule has 1 aliphatic heterocycles. The van der Waals surface area contributed by atoms with Gasteiger partial charge in [-0.2, -0.15) is 5.26 Å². The van der Waals surface area contributed by atoms with Crippen LogP contribution < -0.4 is 0 Å². The van der Waals surface area contributed by atoms with Gasteiger partial charge in [0.2, 0.25) is 0 Å². The molecule has 4 nitrogen and oxygen atoms in total. The van der Waals surface area contributed by atoms with Crippen LogP contribution in [0, 0.1) is 11.3 Å². The first-order valence-electron chi connectivity index (χ1n) is 7.75. The van der Waals surface area contributed by atoms with Crippen LogP contribution >= 0.6 is 0 Å². The first-order valence-corrected chi connectivity index (χ1v) is 7.75. The molecule has 1 N–H and O–H groups in total. The van der Waals surface area contributed by atoms with Crippen molar-refractivity contribution in [1.29, 1.82) is 5.26 Å². The Morgan fingerprint density at radius 3 is 2.32 bits per heavy atom. The summed E-state index contributed by atoms with van der Waals surface area (Å²) in [4.78, 5) is 4.66. The molecule has 0 radical (unpaired) electrons. The van der Waals surface area contributed by atoms with Crippen molar-refractivity contribution in [2.45, 2.75) is 57.1 Å². The minimum absolute atomic E-state index is 0.0694. The maximum Gasteiger partial charge on any atom is 0.0976 e. The van der Waals surface area contributed by atoms with E-state index in [0.29, 0.717) is 0 Å². The van der Waals surface area contributed by atoms with Crippen molar-refractivity contribution in [3.63, 3.8) is 0 Å². The molecule has 2 rings (SSSR count). The summed E-state index contributed by atoms with van der Waals surface area (Å²) in [5.74, 6) is 0. The molecule has 1 atom stereocenters. The minimum atomic E-state index is -0.445. The first kappa shape index (κ1) is 14.8. The topological polar surface area (TPSA) is 50.5 Å². The SMILES string of the molecule is CCC(C#N)N1CCN(CC2(O)CCCCC2)CC1.